The van der Waals surface area contributed by atoms with Crippen LogP contribution in [0, 0.1) is 0 Å². The van der Waals surface area contributed by atoms with E-state index in [1.54, 1.807) is 0 Å². The number of ether oxygens (including phenoxy) is 2. The van der Waals surface area contributed by atoms with Gasteiger partial charge < -0.3 is 14.8 Å². The molecule has 2 aromatic carbocycles. The molecule has 2 aromatic rings. The Labute approximate surface area is 176 Å². The summed E-state index contributed by atoms with van der Waals surface area (Å²) in [6, 6.07) is 7.66. The van der Waals surface area contributed by atoms with Crippen molar-refractivity contribution in [2.75, 3.05) is 26.1 Å². The zero-order valence-electron chi connectivity index (χ0n) is 16.4. The van der Waals surface area contributed by atoms with Crippen molar-refractivity contribution >= 4 is 39.4 Å². The SMILES string of the molecule is COc1ccc(C(=O)OCC(=O)Nc2ccc3c(c2)C(=O)N(C)C3=O)cc1S(N)(=O)=O. The number of hydrogen-bond acceptors (Lipinski definition) is 8. The van der Waals surface area contributed by atoms with Gasteiger partial charge in [-0.15, -0.1) is 0 Å². The van der Waals surface area contributed by atoms with Crippen LogP contribution in [0.5, 0.6) is 5.75 Å². The molecule has 0 atom stereocenters. The molecule has 11 nitrogen and oxygen atoms in total. The average molecular weight is 447 g/mol. The lowest BCUT2D eigenvalue weighted by Crippen LogP contribution is -2.24. The van der Waals surface area contributed by atoms with Gasteiger partial charge in [0, 0.05) is 12.7 Å². The van der Waals surface area contributed by atoms with E-state index in [-0.39, 0.29) is 28.1 Å². The lowest BCUT2D eigenvalue weighted by Gasteiger charge is -2.10. The standard InChI is InChI=1S/C19H17N3O8S/c1-22-17(24)12-5-4-11(8-13(12)18(22)25)21-16(23)9-30-19(26)10-3-6-14(29-2)15(7-10)31(20,27)28/h3-8H,9H2,1-2H3,(H,21,23)(H2,20,27,28). The Balaban J connectivity index is 1.66. The number of hydrogen-bond donors (Lipinski definition) is 2. The molecule has 3 amide bonds. The van der Waals surface area contributed by atoms with Crippen molar-refractivity contribution in [1.82, 2.24) is 4.90 Å². The number of rotatable bonds is 6. The summed E-state index contributed by atoms with van der Waals surface area (Å²) in [7, 11) is -1.57. The molecule has 12 heteroatoms. The third-order valence-corrected chi connectivity index (χ3v) is 5.35. The van der Waals surface area contributed by atoms with Gasteiger partial charge in [0.15, 0.2) is 6.61 Å². The molecule has 0 saturated heterocycles. The van der Waals surface area contributed by atoms with Crippen LogP contribution in [-0.4, -0.2) is 57.8 Å². The van der Waals surface area contributed by atoms with Crippen molar-refractivity contribution in [1.29, 1.82) is 0 Å². The molecular formula is C19H17N3O8S. The molecule has 31 heavy (non-hydrogen) atoms. The number of imide groups is 1. The summed E-state index contributed by atoms with van der Waals surface area (Å²) in [5, 5.41) is 7.55. The van der Waals surface area contributed by atoms with Gasteiger partial charge in [-0.05, 0) is 36.4 Å². The van der Waals surface area contributed by atoms with E-state index in [2.05, 4.69) is 5.32 Å². The van der Waals surface area contributed by atoms with Crippen LogP contribution in [-0.2, 0) is 19.6 Å². The van der Waals surface area contributed by atoms with E-state index in [1.165, 1.54) is 44.5 Å². The summed E-state index contributed by atoms with van der Waals surface area (Å²) >= 11 is 0. The molecule has 1 heterocycles. The summed E-state index contributed by atoms with van der Waals surface area (Å²) in [5.41, 5.74) is 0.456. The van der Waals surface area contributed by atoms with Crippen LogP contribution >= 0.6 is 0 Å². The number of esters is 1. The summed E-state index contributed by atoms with van der Waals surface area (Å²) < 4.78 is 33.1. The Kier molecular flexibility index (Phi) is 5.77. The fourth-order valence-electron chi connectivity index (χ4n) is 2.88. The first-order valence-corrected chi connectivity index (χ1v) is 10.2. The topological polar surface area (TPSA) is 162 Å². The minimum absolute atomic E-state index is 0.0490. The first-order chi connectivity index (χ1) is 14.5. The number of carbonyl (C=O) groups excluding carboxylic acids is 4. The normalized spacial score (nSPS) is 13.1. The third kappa shape index (κ3) is 4.39. The molecule has 1 aliphatic heterocycles. The predicted molar refractivity (Wildman–Crippen MR) is 106 cm³/mol. The third-order valence-electron chi connectivity index (χ3n) is 4.41. The highest BCUT2D eigenvalue weighted by atomic mass is 32.2. The van der Waals surface area contributed by atoms with Crippen molar-refractivity contribution in [3.8, 4) is 5.75 Å². The molecule has 0 unspecified atom stereocenters. The summed E-state index contributed by atoms with van der Waals surface area (Å²) in [6.07, 6.45) is 0. The molecule has 0 saturated carbocycles. The Morgan fingerprint density at radius 2 is 1.74 bits per heavy atom. The van der Waals surface area contributed by atoms with Crippen molar-refractivity contribution in [2.45, 2.75) is 4.90 Å². The second-order valence-corrected chi connectivity index (χ2v) is 7.99. The molecule has 0 spiro atoms. The van der Waals surface area contributed by atoms with E-state index in [0.717, 1.165) is 11.0 Å². The lowest BCUT2D eigenvalue weighted by atomic mass is 10.1. The van der Waals surface area contributed by atoms with Gasteiger partial charge in [0.25, 0.3) is 17.7 Å². The van der Waals surface area contributed by atoms with Gasteiger partial charge in [-0.1, -0.05) is 0 Å². The fourth-order valence-corrected chi connectivity index (χ4v) is 3.60. The molecule has 0 bridgehead atoms. The van der Waals surface area contributed by atoms with Crippen molar-refractivity contribution < 1.29 is 37.1 Å². The van der Waals surface area contributed by atoms with Crippen molar-refractivity contribution in [3.05, 3.63) is 53.1 Å². The number of sulfonamides is 1. The van der Waals surface area contributed by atoms with Gasteiger partial charge in [0.05, 0.1) is 23.8 Å². The van der Waals surface area contributed by atoms with Crippen LogP contribution in [0.4, 0.5) is 5.69 Å². The highest BCUT2D eigenvalue weighted by Gasteiger charge is 2.32. The lowest BCUT2D eigenvalue weighted by molar-refractivity contribution is -0.119. The van der Waals surface area contributed by atoms with Gasteiger partial charge >= 0.3 is 5.97 Å². The average Bonchev–Trinajstić information content (AvgIpc) is 2.94. The van der Waals surface area contributed by atoms with E-state index in [4.69, 9.17) is 14.6 Å². The van der Waals surface area contributed by atoms with Crippen LogP contribution < -0.4 is 15.2 Å². The van der Waals surface area contributed by atoms with Crippen LogP contribution in [0.25, 0.3) is 0 Å². The molecule has 0 radical (unpaired) electrons. The molecular weight excluding hydrogens is 430 g/mol. The quantitative estimate of drug-likeness (QED) is 0.474. The van der Waals surface area contributed by atoms with Crippen molar-refractivity contribution in [2.24, 2.45) is 5.14 Å². The predicted octanol–water partition coefficient (Wildman–Crippen LogP) is 0.364. The van der Waals surface area contributed by atoms with E-state index < -0.39 is 45.2 Å². The van der Waals surface area contributed by atoms with Gasteiger partial charge in [-0.25, -0.2) is 18.4 Å². The first kappa shape index (κ1) is 21.9. The first-order valence-electron chi connectivity index (χ1n) is 8.67. The molecule has 3 rings (SSSR count). The minimum Gasteiger partial charge on any atom is -0.495 e. The molecule has 0 fully saturated rings. The summed E-state index contributed by atoms with van der Waals surface area (Å²) in [6.45, 7) is -0.681. The maximum atomic E-state index is 12.2. The smallest absolute Gasteiger partial charge is 0.338 e. The van der Waals surface area contributed by atoms with Crippen LogP contribution in [0.15, 0.2) is 41.3 Å². The highest BCUT2D eigenvalue weighted by molar-refractivity contribution is 7.89. The monoisotopic (exact) mass is 447 g/mol. The molecule has 0 aromatic heterocycles. The number of nitrogens with zero attached hydrogens (tertiary/aromatic N) is 1. The minimum atomic E-state index is -4.16. The number of amides is 3. The van der Waals surface area contributed by atoms with Crippen molar-refractivity contribution in [3.63, 3.8) is 0 Å². The number of anilines is 1. The van der Waals surface area contributed by atoms with Gasteiger partial charge in [0.1, 0.15) is 10.6 Å². The van der Waals surface area contributed by atoms with Gasteiger partial charge in [0.2, 0.25) is 10.0 Å². The number of nitrogens with two attached hydrogens (primary N) is 1. The Morgan fingerprint density at radius 1 is 1.06 bits per heavy atom. The zero-order chi connectivity index (χ0) is 22.9. The number of benzene rings is 2. The number of primary sulfonamides is 1. The maximum absolute atomic E-state index is 12.2. The number of carbonyl (C=O) groups is 4. The van der Waals surface area contributed by atoms with Gasteiger partial charge in [-0.2, -0.15) is 0 Å². The number of fused-ring (bicyclic) bond motifs is 1. The maximum Gasteiger partial charge on any atom is 0.338 e. The fraction of sp³-hybridized carbons (Fsp3) is 0.158. The van der Waals surface area contributed by atoms with E-state index >= 15 is 0 Å². The summed E-state index contributed by atoms with van der Waals surface area (Å²) in [5.74, 6) is -2.65. The second kappa shape index (κ2) is 8.16. The Morgan fingerprint density at radius 3 is 2.39 bits per heavy atom. The molecule has 162 valence electrons. The van der Waals surface area contributed by atoms with Gasteiger partial charge in [-0.3, -0.25) is 19.3 Å². The van der Waals surface area contributed by atoms with Crippen LogP contribution in [0.3, 0.4) is 0 Å². The second-order valence-electron chi connectivity index (χ2n) is 6.46. The van der Waals surface area contributed by atoms with E-state index in [1.807, 2.05) is 0 Å². The van der Waals surface area contributed by atoms with Crippen LogP contribution in [0.2, 0.25) is 0 Å². The van der Waals surface area contributed by atoms with E-state index in [9.17, 15) is 27.6 Å². The van der Waals surface area contributed by atoms with Crippen LogP contribution in [0.1, 0.15) is 31.1 Å². The number of nitrogens with one attached hydrogen (secondary N) is 1. The largest absolute Gasteiger partial charge is 0.495 e. The molecule has 1 aliphatic rings. The summed E-state index contributed by atoms with van der Waals surface area (Å²) in [4.78, 5) is 48.7. The molecule has 0 aliphatic carbocycles. The zero-order valence-corrected chi connectivity index (χ0v) is 17.2. The Hall–Kier alpha value is -3.77. The molecule has 3 N–H and O–H groups in total. The Bertz CT molecular complexity index is 1220. The highest BCUT2D eigenvalue weighted by Crippen LogP contribution is 2.25. The number of methoxy groups -OCH3 is 1. The van der Waals surface area contributed by atoms with E-state index in [0.29, 0.717) is 0 Å².